The molecule has 0 radical (unpaired) electrons. The molecule has 0 unspecified atom stereocenters. The van der Waals surface area contributed by atoms with Gasteiger partial charge in [-0.2, -0.15) is 0 Å². The molecule has 19 aromatic carbocycles. The first-order valence-corrected chi connectivity index (χ1v) is 40.0. The van der Waals surface area contributed by atoms with Gasteiger partial charge in [0.25, 0.3) is 0 Å². The van der Waals surface area contributed by atoms with E-state index in [-0.39, 0.29) is 0 Å². The quantitative estimate of drug-likeness (QED) is 0.108. The molecule has 4 heterocycles. The number of benzene rings is 19. The molecule has 0 aliphatic carbocycles. The Bertz CT molecular complexity index is 7710. The summed E-state index contributed by atoms with van der Waals surface area (Å²) in [6.45, 7) is 0. The van der Waals surface area contributed by atoms with Gasteiger partial charge in [0, 0.05) is 77.2 Å². The summed E-state index contributed by atoms with van der Waals surface area (Å²) in [7, 11) is 0. The van der Waals surface area contributed by atoms with Gasteiger partial charge >= 0.3 is 0 Å². The molecule has 23 aromatic rings. The molecule has 0 atom stereocenters. The largest absolute Gasteiger partial charge is 0.456 e. The molecule has 0 bridgehead atoms. The normalized spacial score (nSPS) is 11.6. The molecule has 0 fully saturated rings. The molecule has 0 aliphatic heterocycles. The van der Waals surface area contributed by atoms with Gasteiger partial charge in [-0.3, -0.25) is 0 Å². The zero-order chi connectivity index (χ0) is 78.0. The highest BCUT2D eigenvalue weighted by Crippen LogP contribution is 2.46. The van der Waals surface area contributed by atoms with Gasteiger partial charge in [0.15, 0.2) is 0 Å². The Balaban J connectivity index is 0.000000143. The molecule has 0 saturated heterocycles. The Hall–Kier alpha value is -15.8. The monoisotopic (exact) mass is 1510 g/mol. The zero-order valence-electron chi connectivity index (χ0n) is 64.1. The van der Waals surface area contributed by atoms with Crippen molar-refractivity contribution in [1.82, 2.24) is 0 Å². The maximum atomic E-state index is 6.40. The number of anilines is 6. The fourth-order valence-electron chi connectivity index (χ4n) is 17.3. The van der Waals surface area contributed by atoms with Crippen molar-refractivity contribution in [2.45, 2.75) is 0 Å². The lowest BCUT2D eigenvalue weighted by molar-refractivity contribution is 0.668. The van der Waals surface area contributed by atoms with Crippen LogP contribution in [0.3, 0.4) is 0 Å². The van der Waals surface area contributed by atoms with Gasteiger partial charge in [-0.15, -0.1) is 0 Å². The van der Waals surface area contributed by atoms with Crippen LogP contribution in [0.25, 0.3) is 188 Å². The summed E-state index contributed by atoms with van der Waals surface area (Å²) in [4.78, 5) is 4.64. The summed E-state index contributed by atoms with van der Waals surface area (Å²) in [5, 5.41) is 11.4. The van der Waals surface area contributed by atoms with Crippen molar-refractivity contribution in [2.24, 2.45) is 0 Å². The highest BCUT2D eigenvalue weighted by Gasteiger charge is 2.21. The maximum absolute atomic E-state index is 6.40. The Labute approximate surface area is 681 Å². The molecule has 23 rings (SSSR count). The molecule has 554 valence electrons. The third-order valence-corrected chi connectivity index (χ3v) is 23.1. The van der Waals surface area contributed by atoms with E-state index < -0.39 is 0 Å². The second-order valence-corrected chi connectivity index (χ2v) is 30.2. The fourth-order valence-corrected chi connectivity index (χ4v) is 17.3. The number of furan rings is 4. The third-order valence-electron chi connectivity index (χ3n) is 23.1. The smallest absolute Gasteiger partial charge is 0.136 e. The summed E-state index contributed by atoms with van der Waals surface area (Å²) >= 11 is 0. The number of nitrogens with zero attached hydrogens (tertiary/aromatic N) is 2. The average Bonchev–Trinajstić information content (AvgIpc) is 1.48. The van der Waals surface area contributed by atoms with Crippen LogP contribution in [0.15, 0.2) is 454 Å². The van der Waals surface area contributed by atoms with Crippen LogP contribution in [0.4, 0.5) is 34.1 Å². The molecule has 0 aliphatic rings. The van der Waals surface area contributed by atoms with Crippen molar-refractivity contribution in [3.05, 3.63) is 437 Å². The van der Waals surface area contributed by atoms with E-state index in [9.17, 15) is 0 Å². The van der Waals surface area contributed by atoms with E-state index in [4.69, 9.17) is 17.7 Å². The summed E-state index contributed by atoms with van der Waals surface area (Å²) in [6, 6.07) is 155. The molecule has 118 heavy (non-hydrogen) atoms. The van der Waals surface area contributed by atoms with Crippen molar-refractivity contribution >= 4 is 133 Å². The van der Waals surface area contributed by atoms with Crippen molar-refractivity contribution < 1.29 is 17.7 Å². The first-order chi connectivity index (χ1) is 58.4. The van der Waals surface area contributed by atoms with Crippen LogP contribution >= 0.6 is 0 Å². The molecular formula is C112H72N2O4. The van der Waals surface area contributed by atoms with Crippen LogP contribution in [0.5, 0.6) is 0 Å². The Morgan fingerprint density at radius 2 is 0.398 bits per heavy atom. The van der Waals surface area contributed by atoms with Gasteiger partial charge in [0.05, 0.1) is 0 Å². The van der Waals surface area contributed by atoms with Crippen LogP contribution in [0.2, 0.25) is 0 Å². The van der Waals surface area contributed by atoms with Crippen molar-refractivity contribution in [1.29, 1.82) is 0 Å². The van der Waals surface area contributed by atoms with E-state index in [0.717, 1.165) is 211 Å². The second kappa shape index (κ2) is 29.3. The van der Waals surface area contributed by atoms with E-state index >= 15 is 0 Å². The second-order valence-electron chi connectivity index (χ2n) is 30.2. The molecule has 0 spiro atoms. The minimum absolute atomic E-state index is 0.877. The van der Waals surface area contributed by atoms with Gasteiger partial charge < -0.3 is 27.5 Å². The first kappa shape index (κ1) is 69.0. The average molecular weight is 1510 g/mol. The lowest BCUT2D eigenvalue weighted by Crippen LogP contribution is -2.09. The summed E-state index contributed by atoms with van der Waals surface area (Å²) in [5.74, 6) is 0. The predicted molar refractivity (Wildman–Crippen MR) is 492 cm³/mol. The van der Waals surface area contributed by atoms with Gasteiger partial charge in [0.1, 0.15) is 44.7 Å². The highest BCUT2D eigenvalue weighted by molar-refractivity contribution is 6.10. The Morgan fingerprint density at radius 1 is 0.127 bits per heavy atom. The lowest BCUT2D eigenvalue weighted by atomic mass is 9.90. The van der Waals surface area contributed by atoms with E-state index in [0.29, 0.717) is 0 Å². The Morgan fingerprint density at radius 3 is 0.797 bits per heavy atom. The van der Waals surface area contributed by atoms with Crippen molar-refractivity contribution in [3.8, 4) is 89.0 Å². The summed E-state index contributed by atoms with van der Waals surface area (Å²) in [6.07, 6.45) is 0. The number of rotatable bonds is 14. The number of fused-ring (bicyclic) bond motifs is 13. The highest BCUT2D eigenvalue weighted by atomic mass is 16.3. The van der Waals surface area contributed by atoms with Crippen LogP contribution in [-0.2, 0) is 0 Å². The summed E-state index contributed by atoms with van der Waals surface area (Å²) in [5.41, 5.74) is 31.9. The minimum atomic E-state index is 0.877. The van der Waals surface area contributed by atoms with Crippen LogP contribution in [0, 0.1) is 0 Å². The minimum Gasteiger partial charge on any atom is -0.456 e. The Kier molecular flexibility index (Phi) is 17.1. The van der Waals surface area contributed by atoms with Gasteiger partial charge in [-0.05, 0) is 258 Å². The van der Waals surface area contributed by atoms with Crippen LogP contribution in [-0.4, -0.2) is 0 Å². The standard InChI is InChI=1S/C58H37NO2.C54H35NO2/c1-2-14-46(15-3-1)59(48-29-25-38-11-4-5-12-41(38)34-48)47-16-10-13-42(33-47)39-21-23-40(24-22-39)49-30-26-43(44-27-31-52-50-17-6-8-19-55(50)60-57(52)36-44)35-54(49)45-28-32-53-51-18-7-9-20-56(51)61-58(53)37-45;1-3-13-42(14-4-1)55(43-15-5-2-6-16-43)44-17-11-12-38(32-44)36-22-24-37(25-23-36)45-29-26-39(40-27-30-48-46-18-7-9-20-51(46)56-53(48)34-40)33-50(45)41-28-31-49-47-19-8-10-21-52(47)57-54(49)35-41/h1-37H;1-35H. The lowest BCUT2D eigenvalue weighted by Gasteiger charge is -2.26. The topological polar surface area (TPSA) is 59.0 Å². The predicted octanol–water partition coefficient (Wildman–Crippen LogP) is 32.4. The van der Waals surface area contributed by atoms with Gasteiger partial charge in [-0.25, -0.2) is 0 Å². The zero-order valence-corrected chi connectivity index (χ0v) is 64.1. The maximum Gasteiger partial charge on any atom is 0.136 e. The van der Waals surface area contributed by atoms with Crippen molar-refractivity contribution in [2.75, 3.05) is 9.80 Å². The third kappa shape index (κ3) is 12.8. The SMILES string of the molecule is c1ccc(N(c2cccc(-c3ccc(-c4ccc(-c5ccc6c(c5)oc5ccccc56)cc4-c4ccc5c(c4)oc4ccccc45)cc3)c2)c2ccc3ccccc3c2)cc1.c1ccc(N(c2ccccc2)c2cccc(-c3ccc(-c4ccc(-c5ccc6c(c5)oc5ccccc56)cc4-c4ccc5c(c4)oc4ccccc45)cc3)c2)cc1. The molecule has 0 saturated carbocycles. The first-order valence-electron chi connectivity index (χ1n) is 40.0. The number of para-hydroxylation sites is 7. The van der Waals surface area contributed by atoms with Gasteiger partial charge in [-0.1, -0.05) is 279 Å². The van der Waals surface area contributed by atoms with E-state index in [2.05, 4.69) is 398 Å². The van der Waals surface area contributed by atoms with Crippen LogP contribution in [0.1, 0.15) is 0 Å². The van der Waals surface area contributed by atoms with Crippen molar-refractivity contribution in [3.63, 3.8) is 0 Å². The number of hydrogen-bond donors (Lipinski definition) is 0. The molecular weight excluding hydrogens is 1440 g/mol. The molecule has 0 amide bonds. The van der Waals surface area contributed by atoms with E-state index in [1.54, 1.807) is 0 Å². The molecule has 6 heteroatoms. The molecule has 4 aromatic heterocycles. The molecule has 0 N–H and O–H groups in total. The van der Waals surface area contributed by atoms with E-state index in [1.165, 1.54) is 10.8 Å². The van der Waals surface area contributed by atoms with E-state index in [1.807, 2.05) is 48.5 Å². The van der Waals surface area contributed by atoms with Gasteiger partial charge in [0.2, 0.25) is 0 Å². The fraction of sp³-hybridized carbons (Fsp3) is 0. The summed E-state index contributed by atoms with van der Waals surface area (Å²) < 4.78 is 25.4. The van der Waals surface area contributed by atoms with Crippen LogP contribution < -0.4 is 9.80 Å². The number of hydrogen-bond acceptors (Lipinski definition) is 6. The molecule has 6 nitrogen and oxygen atoms in total.